The van der Waals surface area contributed by atoms with Crippen LogP contribution in [0.3, 0.4) is 0 Å². The Balaban J connectivity index is 3.43. The molecule has 1 rings (SSSR count). The first-order valence-electron chi connectivity index (χ1n) is 3.84. The maximum Gasteiger partial charge on any atom is 0.417 e. The topological polar surface area (TPSA) is 34.1 Å². The number of hydrogen-bond donors (Lipinski definition) is 0. The highest BCUT2D eigenvalue weighted by molar-refractivity contribution is 6.69. The molecular weight excluding hydrogens is 268 g/mol. The second-order valence-corrected chi connectivity index (χ2v) is 3.49. The summed E-state index contributed by atoms with van der Waals surface area (Å²) in [6.07, 6.45) is -4.71. The van der Waals surface area contributed by atoms with Crippen molar-refractivity contribution in [1.82, 2.24) is 0 Å². The highest BCUT2D eigenvalue weighted by Crippen LogP contribution is 2.33. The van der Waals surface area contributed by atoms with Crippen LogP contribution >= 0.6 is 23.2 Å². The Morgan fingerprint density at radius 2 is 1.62 bits per heavy atom. The predicted molar refractivity (Wildman–Crippen MR) is 51.8 cm³/mol. The standard InChI is InChI=1S/C9H3Cl2F3O2/c10-7(15)4-1-2-6(9(12,13)14)5(3-4)8(11)16/h1-3H. The van der Waals surface area contributed by atoms with Gasteiger partial charge in [-0.1, -0.05) is 0 Å². The molecule has 0 fully saturated rings. The third-order valence-corrected chi connectivity index (χ3v) is 2.19. The van der Waals surface area contributed by atoms with Crippen molar-refractivity contribution in [2.24, 2.45) is 0 Å². The van der Waals surface area contributed by atoms with Gasteiger partial charge in [-0.15, -0.1) is 0 Å². The maximum absolute atomic E-state index is 12.4. The van der Waals surface area contributed by atoms with E-state index in [9.17, 15) is 22.8 Å². The van der Waals surface area contributed by atoms with Gasteiger partial charge < -0.3 is 0 Å². The largest absolute Gasteiger partial charge is 0.417 e. The van der Waals surface area contributed by atoms with Gasteiger partial charge in [0.2, 0.25) is 0 Å². The second kappa shape index (κ2) is 4.43. The van der Waals surface area contributed by atoms with Crippen molar-refractivity contribution in [3.8, 4) is 0 Å². The van der Waals surface area contributed by atoms with Crippen molar-refractivity contribution in [2.75, 3.05) is 0 Å². The van der Waals surface area contributed by atoms with E-state index in [4.69, 9.17) is 23.2 Å². The average Bonchev–Trinajstić information content (AvgIpc) is 2.15. The van der Waals surface area contributed by atoms with Crippen LogP contribution in [0, 0.1) is 0 Å². The summed E-state index contributed by atoms with van der Waals surface area (Å²) in [6, 6.07) is 2.18. The van der Waals surface area contributed by atoms with Gasteiger partial charge in [0.25, 0.3) is 10.5 Å². The number of carbonyl (C=O) groups is 2. The van der Waals surface area contributed by atoms with E-state index in [2.05, 4.69) is 0 Å². The van der Waals surface area contributed by atoms with E-state index < -0.39 is 27.8 Å². The van der Waals surface area contributed by atoms with Crippen molar-refractivity contribution < 1.29 is 22.8 Å². The Bertz CT molecular complexity index is 455. The van der Waals surface area contributed by atoms with Crippen molar-refractivity contribution in [1.29, 1.82) is 0 Å². The zero-order chi connectivity index (χ0) is 12.5. The molecule has 0 aliphatic rings. The summed E-state index contributed by atoms with van der Waals surface area (Å²) in [7, 11) is 0. The predicted octanol–water partition coefficient (Wildman–Crippen LogP) is 3.46. The Hall–Kier alpha value is -1.07. The van der Waals surface area contributed by atoms with E-state index in [1.165, 1.54) is 0 Å². The lowest BCUT2D eigenvalue weighted by Gasteiger charge is -2.10. The summed E-state index contributed by atoms with van der Waals surface area (Å²) in [5.41, 5.74) is -2.21. The van der Waals surface area contributed by atoms with E-state index in [0.29, 0.717) is 12.1 Å². The Kier molecular flexibility index (Phi) is 3.60. The van der Waals surface area contributed by atoms with Crippen LogP contribution in [0.2, 0.25) is 0 Å². The van der Waals surface area contributed by atoms with Gasteiger partial charge in [0.1, 0.15) is 0 Å². The van der Waals surface area contributed by atoms with Crippen molar-refractivity contribution in [3.05, 3.63) is 34.9 Å². The molecule has 0 heterocycles. The minimum absolute atomic E-state index is 0.223. The van der Waals surface area contributed by atoms with Crippen molar-refractivity contribution in [2.45, 2.75) is 6.18 Å². The summed E-state index contributed by atoms with van der Waals surface area (Å²) in [5.74, 6) is 0. The van der Waals surface area contributed by atoms with Gasteiger partial charge in [0.05, 0.1) is 5.56 Å². The molecular formula is C9H3Cl2F3O2. The molecule has 0 N–H and O–H groups in total. The average molecular weight is 271 g/mol. The van der Waals surface area contributed by atoms with Crippen LogP contribution in [0.25, 0.3) is 0 Å². The van der Waals surface area contributed by atoms with Crippen molar-refractivity contribution in [3.63, 3.8) is 0 Å². The summed E-state index contributed by atoms with van der Waals surface area (Å²) in [5, 5.41) is -2.26. The number of rotatable bonds is 2. The van der Waals surface area contributed by atoms with E-state index in [1.54, 1.807) is 0 Å². The lowest BCUT2D eigenvalue weighted by molar-refractivity contribution is -0.137. The number of benzene rings is 1. The molecule has 1 aromatic rings. The monoisotopic (exact) mass is 270 g/mol. The second-order valence-electron chi connectivity index (χ2n) is 2.81. The molecule has 0 aliphatic heterocycles. The smallest absolute Gasteiger partial charge is 0.276 e. The number of hydrogen-bond acceptors (Lipinski definition) is 2. The molecule has 2 nitrogen and oxygen atoms in total. The molecule has 86 valence electrons. The molecule has 0 aromatic heterocycles. The highest BCUT2D eigenvalue weighted by Gasteiger charge is 2.35. The third-order valence-electron chi connectivity index (χ3n) is 1.76. The molecule has 0 unspecified atom stereocenters. The number of carbonyl (C=O) groups excluding carboxylic acids is 2. The Morgan fingerprint density at radius 1 is 1.06 bits per heavy atom. The van der Waals surface area contributed by atoms with Gasteiger partial charge in [-0.2, -0.15) is 13.2 Å². The van der Waals surface area contributed by atoms with Gasteiger partial charge in [0, 0.05) is 11.1 Å². The Morgan fingerprint density at radius 3 is 2.00 bits per heavy atom. The molecule has 0 saturated carbocycles. The first-order chi connectivity index (χ1) is 7.23. The molecule has 0 bridgehead atoms. The zero-order valence-electron chi connectivity index (χ0n) is 7.44. The molecule has 1 aromatic carbocycles. The molecule has 0 radical (unpaired) electrons. The summed E-state index contributed by atoms with van der Waals surface area (Å²) < 4.78 is 37.2. The van der Waals surface area contributed by atoms with Gasteiger partial charge in [-0.05, 0) is 41.4 Å². The van der Waals surface area contributed by atoms with Crippen LogP contribution in [0.15, 0.2) is 18.2 Å². The van der Waals surface area contributed by atoms with E-state index in [1.807, 2.05) is 0 Å². The number of halogens is 5. The molecule has 7 heteroatoms. The van der Waals surface area contributed by atoms with Crippen LogP contribution < -0.4 is 0 Å². The van der Waals surface area contributed by atoms with Crippen LogP contribution in [0.1, 0.15) is 26.3 Å². The minimum atomic E-state index is -4.71. The molecule has 0 aliphatic carbocycles. The fraction of sp³-hybridized carbons (Fsp3) is 0.111. The third kappa shape index (κ3) is 2.74. The van der Waals surface area contributed by atoms with Crippen LogP contribution in [-0.2, 0) is 6.18 Å². The van der Waals surface area contributed by atoms with E-state index >= 15 is 0 Å². The molecule has 0 amide bonds. The normalized spacial score (nSPS) is 11.3. The summed E-state index contributed by atoms with van der Waals surface area (Å²) in [4.78, 5) is 21.5. The maximum atomic E-state index is 12.4. The van der Waals surface area contributed by atoms with E-state index in [-0.39, 0.29) is 5.56 Å². The quantitative estimate of drug-likeness (QED) is 0.772. The van der Waals surface area contributed by atoms with Crippen LogP contribution in [0.4, 0.5) is 13.2 Å². The van der Waals surface area contributed by atoms with Crippen LogP contribution in [-0.4, -0.2) is 10.5 Å². The molecule has 0 saturated heterocycles. The van der Waals surface area contributed by atoms with Gasteiger partial charge in [0.15, 0.2) is 0 Å². The molecule has 0 atom stereocenters. The summed E-state index contributed by atoms with van der Waals surface area (Å²) >= 11 is 10.1. The molecule has 16 heavy (non-hydrogen) atoms. The minimum Gasteiger partial charge on any atom is -0.276 e. The fourth-order valence-corrected chi connectivity index (χ4v) is 1.35. The van der Waals surface area contributed by atoms with Crippen molar-refractivity contribution >= 4 is 33.7 Å². The zero-order valence-corrected chi connectivity index (χ0v) is 8.95. The SMILES string of the molecule is O=C(Cl)c1ccc(C(F)(F)F)c(C(=O)Cl)c1. The van der Waals surface area contributed by atoms with Gasteiger partial charge in [-0.25, -0.2) is 0 Å². The first-order valence-corrected chi connectivity index (χ1v) is 4.60. The van der Waals surface area contributed by atoms with Gasteiger partial charge >= 0.3 is 6.18 Å². The van der Waals surface area contributed by atoms with Gasteiger partial charge in [-0.3, -0.25) is 9.59 Å². The van der Waals surface area contributed by atoms with E-state index in [0.717, 1.165) is 6.07 Å². The fourth-order valence-electron chi connectivity index (χ4n) is 1.08. The Labute approximate surface area is 98.0 Å². The van der Waals surface area contributed by atoms with Crippen LogP contribution in [0.5, 0.6) is 0 Å². The summed E-state index contributed by atoms with van der Waals surface area (Å²) in [6.45, 7) is 0. The number of alkyl halides is 3. The molecule has 0 spiro atoms. The lowest BCUT2D eigenvalue weighted by atomic mass is 10.0. The lowest BCUT2D eigenvalue weighted by Crippen LogP contribution is -2.11. The highest BCUT2D eigenvalue weighted by atomic mass is 35.5. The first kappa shape index (κ1) is 13.0.